The molecule has 0 bridgehead atoms. The fraction of sp³-hybridized carbons (Fsp3) is 0.111. The van der Waals surface area contributed by atoms with Crippen molar-refractivity contribution in [2.45, 2.75) is 6.04 Å². The summed E-state index contributed by atoms with van der Waals surface area (Å²) in [5.74, 6) is -0.00255. The molecule has 2 atom stereocenters. The number of hydrogen-bond donors (Lipinski definition) is 1. The van der Waals surface area contributed by atoms with E-state index in [4.69, 9.17) is 23.2 Å². The number of benzene rings is 2. The first-order valence-electron chi connectivity index (χ1n) is 7.06. The number of hydrogen-bond acceptors (Lipinski definition) is 1. The zero-order valence-electron chi connectivity index (χ0n) is 11.9. The molecular weight excluding hydrogens is 317 g/mol. The van der Waals surface area contributed by atoms with Crippen molar-refractivity contribution in [3.63, 3.8) is 0 Å². The molecule has 4 heteroatoms. The monoisotopic (exact) mass is 332 g/mol. The summed E-state index contributed by atoms with van der Waals surface area (Å²) in [6.07, 6.45) is 4.15. The summed E-state index contributed by atoms with van der Waals surface area (Å²) in [5.41, 5.74) is 2.10. The number of rotatable bonds is 4. The molecule has 2 unspecified atom stereocenters. The number of halogens is 2. The molecule has 22 heavy (non-hydrogen) atoms. The van der Waals surface area contributed by atoms with Gasteiger partial charge in [-0.05, 0) is 23.8 Å². The summed E-state index contributed by atoms with van der Waals surface area (Å²) < 4.78 is 0.187. The topological polar surface area (TPSA) is 20.2 Å². The molecule has 0 saturated carbocycles. The summed E-state index contributed by atoms with van der Waals surface area (Å²) in [7, 11) is 0. The first-order chi connectivity index (χ1) is 10.6. The quantitative estimate of drug-likeness (QED) is 0.460. The molecule has 0 aromatic heterocycles. The van der Waals surface area contributed by atoms with Gasteiger partial charge >= 0.3 is 5.88 Å². The van der Waals surface area contributed by atoms with E-state index in [9.17, 15) is 5.11 Å². The van der Waals surface area contributed by atoms with Crippen LogP contribution in [0, 0.1) is 0 Å². The molecular formula is C18H16Cl2NO+. The Morgan fingerprint density at radius 2 is 1.59 bits per heavy atom. The molecule has 1 fully saturated rings. The number of para-hydroxylation sites is 1. The van der Waals surface area contributed by atoms with Crippen molar-refractivity contribution >= 4 is 35.0 Å². The van der Waals surface area contributed by atoms with Gasteiger partial charge in [-0.25, -0.2) is 4.48 Å². The molecule has 3 rings (SSSR count). The van der Waals surface area contributed by atoms with Crippen molar-refractivity contribution in [2.24, 2.45) is 0 Å². The van der Waals surface area contributed by atoms with E-state index >= 15 is 0 Å². The third-order valence-electron chi connectivity index (χ3n) is 3.98. The van der Waals surface area contributed by atoms with Gasteiger partial charge in [-0.2, -0.15) is 0 Å². The Hall–Kier alpha value is -1.74. The second kappa shape index (κ2) is 6.17. The van der Waals surface area contributed by atoms with Crippen LogP contribution in [0.15, 0.2) is 77.1 Å². The minimum Gasteiger partial charge on any atom is -0.465 e. The SMILES string of the molecule is OC(=C(Cl)Cl)[N+]1(c2ccccc2)CC1/C=C/c1ccccc1. The maximum atomic E-state index is 10.4. The maximum Gasteiger partial charge on any atom is 0.326 e. The Morgan fingerprint density at radius 3 is 2.18 bits per heavy atom. The molecule has 112 valence electrons. The van der Waals surface area contributed by atoms with Crippen LogP contribution >= 0.6 is 23.2 Å². The lowest BCUT2D eigenvalue weighted by Crippen LogP contribution is -2.28. The van der Waals surface area contributed by atoms with Gasteiger partial charge in [-0.15, -0.1) is 0 Å². The molecule has 1 saturated heterocycles. The van der Waals surface area contributed by atoms with Crippen LogP contribution in [0.3, 0.4) is 0 Å². The fourth-order valence-electron chi connectivity index (χ4n) is 2.75. The summed E-state index contributed by atoms with van der Waals surface area (Å²) in [5, 5.41) is 10.4. The van der Waals surface area contributed by atoms with Gasteiger partial charge in [-0.1, -0.05) is 77.8 Å². The van der Waals surface area contributed by atoms with Crippen molar-refractivity contribution < 1.29 is 5.11 Å². The minimum absolute atomic E-state index is 0.00255. The molecule has 2 aromatic rings. The maximum absolute atomic E-state index is 10.4. The molecule has 0 radical (unpaired) electrons. The Bertz CT molecular complexity index is 708. The summed E-state index contributed by atoms with van der Waals surface area (Å²) in [6.45, 7) is 0.738. The van der Waals surface area contributed by atoms with E-state index in [1.54, 1.807) is 0 Å². The van der Waals surface area contributed by atoms with Crippen molar-refractivity contribution in [1.29, 1.82) is 0 Å². The Labute approximate surface area is 140 Å². The van der Waals surface area contributed by atoms with Crippen LogP contribution < -0.4 is 4.48 Å². The third kappa shape index (κ3) is 2.78. The van der Waals surface area contributed by atoms with E-state index in [1.165, 1.54) is 0 Å². The van der Waals surface area contributed by atoms with Gasteiger partial charge in [0.05, 0.1) is 0 Å². The fourth-order valence-corrected chi connectivity index (χ4v) is 3.05. The highest BCUT2D eigenvalue weighted by molar-refractivity contribution is 6.56. The van der Waals surface area contributed by atoms with Crippen molar-refractivity contribution in [3.05, 3.63) is 82.7 Å². The number of nitrogens with zero attached hydrogens (tertiary/aromatic N) is 1. The van der Waals surface area contributed by atoms with Gasteiger partial charge in [0.25, 0.3) is 0 Å². The van der Waals surface area contributed by atoms with Crippen LogP contribution in [0.5, 0.6) is 0 Å². The van der Waals surface area contributed by atoms with Crippen LogP contribution in [0.4, 0.5) is 5.69 Å². The second-order valence-corrected chi connectivity index (χ2v) is 6.26. The summed E-state index contributed by atoms with van der Waals surface area (Å²) in [6, 6.07) is 20.0. The van der Waals surface area contributed by atoms with Crippen LogP contribution in [-0.2, 0) is 0 Å². The van der Waals surface area contributed by atoms with Crippen LogP contribution in [-0.4, -0.2) is 17.7 Å². The van der Waals surface area contributed by atoms with E-state index in [0.717, 1.165) is 17.8 Å². The highest BCUT2D eigenvalue weighted by Crippen LogP contribution is 2.45. The molecule has 2 nitrogen and oxygen atoms in total. The normalized spacial score (nSPS) is 23.5. The van der Waals surface area contributed by atoms with Crippen molar-refractivity contribution in [1.82, 2.24) is 4.48 Å². The van der Waals surface area contributed by atoms with Crippen LogP contribution in [0.2, 0.25) is 0 Å². The predicted molar refractivity (Wildman–Crippen MR) is 93.7 cm³/mol. The molecule has 0 amide bonds. The van der Waals surface area contributed by atoms with Crippen LogP contribution in [0.25, 0.3) is 6.08 Å². The van der Waals surface area contributed by atoms with Gasteiger partial charge < -0.3 is 5.11 Å². The standard InChI is InChI=1S/C18H15Cl2NO/c19-17(20)18(22)21(15-9-5-2-6-10-15)13-16(21)12-11-14-7-3-1-4-8-14/h1-12,16H,13H2/p+1/b12-11+. The highest BCUT2D eigenvalue weighted by atomic mass is 35.5. The molecule has 0 spiro atoms. The van der Waals surface area contributed by atoms with E-state index in [-0.39, 0.29) is 20.9 Å². The Balaban J connectivity index is 1.92. The molecule has 1 heterocycles. The summed E-state index contributed by atoms with van der Waals surface area (Å²) >= 11 is 11.7. The smallest absolute Gasteiger partial charge is 0.326 e. The van der Waals surface area contributed by atoms with Gasteiger partial charge in [-0.3, -0.25) is 0 Å². The average Bonchev–Trinajstić information content (AvgIpc) is 3.29. The van der Waals surface area contributed by atoms with Gasteiger partial charge in [0.2, 0.25) is 4.49 Å². The second-order valence-electron chi connectivity index (χ2n) is 5.31. The molecule has 2 aromatic carbocycles. The Morgan fingerprint density at radius 1 is 1.00 bits per heavy atom. The Kier molecular flexibility index (Phi) is 4.25. The van der Waals surface area contributed by atoms with Crippen LogP contribution in [0.1, 0.15) is 5.56 Å². The first kappa shape index (κ1) is 15.2. The van der Waals surface area contributed by atoms with Crippen molar-refractivity contribution in [3.8, 4) is 0 Å². The summed E-state index contributed by atoms with van der Waals surface area (Å²) in [4.78, 5) is 0. The largest absolute Gasteiger partial charge is 0.465 e. The number of aliphatic hydroxyl groups is 1. The zero-order chi connectivity index (χ0) is 15.6. The lowest BCUT2D eigenvalue weighted by molar-refractivity contribution is 0.306. The molecule has 1 aliphatic rings. The van der Waals surface area contributed by atoms with Crippen molar-refractivity contribution in [2.75, 3.05) is 6.54 Å². The number of aliphatic hydroxyl groups excluding tert-OH is 1. The van der Waals surface area contributed by atoms with Gasteiger partial charge in [0.1, 0.15) is 12.2 Å². The lowest BCUT2D eigenvalue weighted by atomic mass is 10.2. The predicted octanol–water partition coefficient (Wildman–Crippen LogP) is 5.25. The third-order valence-corrected chi connectivity index (χ3v) is 4.32. The van der Waals surface area contributed by atoms with E-state index in [2.05, 4.69) is 12.2 Å². The van der Waals surface area contributed by atoms with Gasteiger partial charge in [0, 0.05) is 0 Å². The number of quaternary nitrogens is 1. The minimum atomic E-state index is -0.0838. The zero-order valence-corrected chi connectivity index (χ0v) is 13.4. The van der Waals surface area contributed by atoms with E-state index < -0.39 is 0 Å². The highest BCUT2D eigenvalue weighted by Gasteiger charge is 2.60. The lowest BCUT2D eigenvalue weighted by Gasteiger charge is -2.17. The first-order valence-corrected chi connectivity index (χ1v) is 7.81. The average molecular weight is 333 g/mol. The van der Waals surface area contributed by atoms with E-state index in [0.29, 0.717) is 0 Å². The molecule has 1 N–H and O–H groups in total. The van der Waals surface area contributed by atoms with Gasteiger partial charge in [0.15, 0.2) is 6.04 Å². The molecule has 1 aliphatic heterocycles. The van der Waals surface area contributed by atoms with E-state index in [1.807, 2.05) is 60.7 Å². The molecule has 0 aliphatic carbocycles.